The summed E-state index contributed by atoms with van der Waals surface area (Å²) in [6.07, 6.45) is 2.88. The third-order valence-electron chi connectivity index (χ3n) is 3.72. The molecular weight excluding hydrogens is 372 g/mol. The van der Waals surface area contributed by atoms with Crippen LogP contribution in [0, 0.1) is 17.0 Å². The molecule has 142 valence electrons. The molecule has 0 fully saturated rings. The molecule has 1 N–H and O–H groups in total. The highest BCUT2D eigenvalue weighted by Gasteiger charge is 2.14. The molecule has 2 aromatic rings. The number of hydrogen-bond donors (Lipinski definition) is 1. The first-order valence-electron chi connectivity index (χ1n) is 8.10. The van der Waals surface area contributed by atoms with Crippen LogP contribution in [0.1, 0.15) is 18.1 Å². The molecule has 0 spiro atoms. The molecule has 0 aromatic heterocycles. The molecule has 0 aliphatic rings. The van der Waals surface area contributed by atoms with E-state index in [1.165, 1.54) is 25.3 Å². The maximum Gasteiger partial charge on any atom is 0.274 e. The number of amides is 1. The van der Waals surface area contributed by atoms with Crippen molar-refractivity contribution in [2.45, 2.75) is 13.8 Å². The Morgan fingerprint density at radius 3 is 2.74 bits per heavy atom. The van der Waals surface area contributed by atoms with Crippen molar-refractivity contribution in [3.8, 4) is 11.5 Å². The van der Waals surface area contributed by atoms with Crippen molar-refractivity contribution >= 4 is 35.0 Å². The number of benzene rings is 2. The molecule has 27 heavy (non-hydrogen) atoms. The fourth-order valence-corrected chi connectivity index (χ4v) is 2.74. The Hall–Kier alpha value is -3.06. The van der Waals surface area contributed by atoms with Crippen molar-refractivity contribution in [2.75, 3.05) is 19.0 Å². The summed E-state index contributed by atoms with van der Waals surface area (Å²) >= 11 is 6.18. The molecule has 0 bridgehead atoms. The number of halogens is 1. The van der Waals surface area contributed by atoms with Crippen LogP contribution in [0.4, 0.5) is 11.4 Å². The summed E-state index contributed by atoms with van der Waals surface area (Å²) in [6.45, 7) is 3.85. The summed E-state index contributed by atoms with van der Waals surface area (Å²) in [6, 6.07) is 7.85. The van der Waals surface area contributed by atoms with E-state index >= 15 is 0 Å². The van der Waals surface area contributed by atoms with E-state index < -0.39 is 10.8 Å². The van der Waals surface area contributed by atoms with E-state index in [0.717, 1.165) is 0 Å². The number of rotatable bonds is 7. The highest BCUT2D eigenvalue weighted by Crippen LogP contribution is 2.36. The molecule has 7 nitrogen and oxygen atoms in total. The zero-order chi connectivity index (χ0) is 20.0. The van der Waals surface area contributed by atoms with E-state index in [4.69, 9.17) is 21.1 Å². The Balaban J connectivity index is 2.20. The van der Waals surface area contributed by atoms with Gasteiger partial charge in [0.15, 0.2) is 11.5 Å². The largest absolute Gasteiger partial charge is 0.491 e. The first-order chi connectivity index (χ1) is 12.9. The molecular formula is C19H19ClN2O5. The number of ether oxygens (including phenoxy) is 2. The molecule has 0 radical (unpaired) electrons. The Bertz CT molecular complexity index is 896. The minimum Gasteiger partial charge on any atom is -0.491 e. The first-order valence-corrected chi connectivity index (χ1v) is 8.48. The highest BCUT2D eigenvalue weighted by atomic mass is 35.5. The fourth-order valence-electron chi connectivity index (χ4n) is 2.45. The molecule has 0 heterocycles. The summed E-state index contributed by atoms with van der Waals surface area (Å²) < 4.78 is 10.7. The number of nitrogens with zero attached hydrogens (tertiary/aromatic N) is 1. The van der Waals surface area contributed by atoms with Gasteiger partial charge in [0.1, 0.15) is 0 Å². The average Bonchev–Trinajstić information content (AvgIpc) is 2.61. The summed E-state index contributed by atoms with van der Waals surface area (Å²) in [5.41, 5.74) is 1.35. The van der Waals surface area contributed by atoms with Crippen molar-refractivity contribution in [1.29, 1.82) is 0 Å². The van der Waals surface area contributed by atoms with Gasteiger partial charge >= 0.3 is 0 Å². The molecule has 0 saturated heterocycles. The molecule has 1 amide bonds. The number of nitrogens with one attached hydrogen (secondary N) is 1. The SMILES string of the molecule is CCOc1cc(/C=C/C(=O)Nc2cccc([N+](=O)[O-])c2C)cc(Cl)c1OC. The molecule has 2 rings (SSSR count). The van der Waals surface area contributed by atoms with E-state index in [2.05, 4.69) is 5.32 Å². The summed E-state index contributed by atoms with van der Waals surface area (Å²) in [5, 5.41) is 14.0. The number of nitro groups is 1. The van der Waals surface area contributed by atoms with Crippen molar-refractivity contribution in [2.24, 2.45) is 0 Å². The summed E-state index contributed by atoms with van der Waals surface area (Å²) in [7, 11) is 1.49. The number of nitro benzene ring substituents is 1. The zero-order valence-corrected chi connectivity index (χ0v) is 15.9. The minimum absolute atomic E-state index is 0.0555. The lowest BCUT2D eigenvalue weighted by Gasteiger charge is -2.11. The van der Waals surface area contributed by atoms with E-state index in [0.29, 0.717) is 39.9 Å². The van der Waals surface area contributed by atoms with Crippen LogP contribution in [0.25, 0.3) is 6.08 Å². The second kappa shape index (κ2) is 9.05. The van der Waals surface area contributed by atoms with Crippen LogP contribution >= 0.6 is 11.6 Å². The number of carbonyl (C=O) groups is 1. The number of carbonyl (C=O) groups excluding carboxylic acids is 1. The van der Waals surface area contributed by atoms with Crippen LogP contribution in [0.5, 0.6) is 11.5 Å². The van der Waals surface area contributed by atoms with Crippen molar-refractivity contribution in [1.82, 2.24) is 0 Å². The predicted molar refractivity (Wildman–Crippen MR) is 105 cm³/mol. The van der Waals surface area contributed by atoms with Crippen molar-refractivity contribution < 1.29 is 19.2 Å². The molecule has 0 atom stereocenters. The van der Waals surface area contributed by atoms with Crippen LogP contribution in [0.3, 0.4) is 0 Å². The highest BCUT2D eigenvalue weighted by molar-refractivity contribution is 6.32. The van der Waals surface area contributed by atoms with Gasteiger partial charge in [0.2, 0.25) is 5.91 Å². The molecule has 0 saturated carbocycles. The van der Waals surface area contributed by atoms with E-state index in [9.17, 15) is 14.9 Å². The van der Waals surface area contributed by atoms with Gasteiger partial charge in [0.25, 0.3) is 5.69 Å². The van der Waals surface area contributed by atoms with Gasteiger partial charge in [-0.15, -0.1) is 0 Å². The summed E-state index contributed by atoms with van der Waals surface area (Å²) in [5.74, 6) is 0.470. The van der Waals surface area contributed by atoms with Crippen LogP contribution < -0.4 is 14.8 Å². The Morgan fingerprint density at radius 1 is 1.37 bits per heavy atom. The topological polar surface area (TPSA) is 90.7 Å². The molecule has 0 unspecified atom stereocenters. The standard InChI is InChI=1S/C19H19ClN2O5/c1-4-27-17-11-13(10-14(20)19(17)26-3)8-9-18(23)21-15-6-5-7-16(12(15)2)22(24)25/h5-11H,4H2,1-3H3,(H,21,23)/b9-8+. The van der Waals surface area contributed by atoms with E-state index in [1.807, 2.05) is 6.92 Å². The van der Waals surface area contributed by atoms with E-state index in [1.54, 1.807) is 31.2 Å². The second-order valence-corrected chi connectivity index (χ2v) is 5.90. The Kier molecular flexibility index (Phi) is 6.79. The fraction of sp³-hybridized carbons (Fsp3) is 0.211. The van der Waals surface area contributed by atoms with Gasteiger partial charge in [-0.2, -0.15) is 0 Å². The Morgan fingerprint density at radius 2 is 2.11 bits per heavy atom. The zero-order valence-electron chi connectivity index (χ0n) is 15.1. The lowest BCUT2D eigenvalue weighted by atomic mass is 10.1. The van der Waals surface area contributed by atoms with E-state index in [-0.39, 0.29) is 5.69 Å². The lowest BCUT2D eigenvalue weighted by Crippen LogP contribution is -2.09. The van der Waals surface area contributed by atoms with Gasteiger partial charge in [0.05, 0.1) is 34.9 Å². The third-order valence-corrected chi connectivity index (χ3v) is 4.00. The molecule has 0 aliphatic heterocycles. The normalized spacial score (nSPS) is 10.7. The minimum atomic E-state index is -0.491. The maximum absolute atomic E-state index is 12.2. The quantitative estimate of drug-likeness (QED) is 0.423. The van der Waals surface area contributed by atoms with Gasteiger partial charge in [-0.05, 0) is 43.7 Å². The predicted octanol–water partition coefficient (Wildman–Crippen LogP) is 4.62. The molecule has 2 aromatic carbocycles. The Labute approximate surface area is 161 Å². The lowest BCUT2D eigenvalue weighted by molar-refractivity contribution is -0.385. The van der Waals surface area contributed by atoms with Gasteiger partial charge in [-0.1, -0.05) is 17.7 Å². The van der Waals surface area contributed by atoms with Crippen LogP contribution in [0.15, 0.2) is 36.4 Å². The van der Waals surface area contributed by atoms with Gasteiger partial charge in [0, 0.05) is 12.1 Å². The maximum atomic E-state index is 12.2. The van der Waals surface area contributed by atoms with Gasteiger partial charge in [-0.3, -0.25) is 14.9 Å². The number of hydrogen-bond acceptors (Lipinski definition) is 5. The number of anilines is 1. The monoisotopic (exact) mass is 390 g/mol. The van der Waals surface area contributed by atoms with Crippen molar-refractivity contribution in [3.05, 3.63) is 62.7 Å². The first kappa shape index (κ1) is 20.3. The third kappa shape index (κ3) is 4.98. The van der Waals surface area contributed by atoms with Crippen LogP contribution in [0.2, 0.25) is 5.02 Å². The van der Waals surface area contributed by atoms with Crippen molar-refractivity contribution in [3.63, 3.8) is 0 Å². The molecule has 8 heteroatoms. The summed E-state index contributed by atoms with van der Waals surface area (Å²) in [4.78, 5) is 22.7. The van der Waals surface area contributed by atoms with Crippen LogP contribution in [-0.4, -0.2) is 24.5 Å². The van der Waals surface area contributed by atoms with Gasteiger partial charge < -0.3 is 14.8 Å². The van der Waals surface area contributed by atoms with Gasteiger partial charge in [-0.25, -0.2) is 0 Å². The molecule has 0 aliphatic carbocycles. The number of methoxy groups -OCH3 is 1. The van der Waals surface area contributed by atoms with Crippen LogP contribution in [-0.2, 0) is 4.79 Å². The second-order valence-electron chi connectivity index (χ2n) is 5.50. The average molecular weight is 391 g/mol. The smallest absolute Gasteiger partial charge is 0.274 e.